The molecule has 0 bridgehead atoms. The maximum Gasteiger partial charge on any atom is 0.245 e. The second-order valence-electron chi connectivity index (χ2n) is 5.14. The fraction of sp³-hybridized carbons (Fsp3) is 0.500. The molecule has 100 valence electrons. The lowest BCUT2D eigenvalue weighted by molar-refractivity contribution is 0.292. The van der Waals surface area contributed by atoms with Crippen molar-refractivity contribution >= 4 is 15.7 Å². The number of anilines is 1. The predicted molar refractivity (Wildman–Crippen MR) is 68.0 cm³/mol. The molecule has 1 aliphatic rings. The maximum atomic E-state index is 13.4. The first-order valence-electron chi connectivity index (χ1n) is 5.84. The first-order chi connectivity index (χ1) is 8.27. The lowest BCUT2D eigenvalue weighted by Gasteiger charge is -2.30. The molecule has 18 heavy (non-hydrogen) atoms. The second kappa shape index (κ2) is 4.20. The van der Waals surface area contributed by atoms with Gasteiger partial charge in [0.25, 0.3) is 0 Å². The number of halogens is 1. The number of nitrogens with two attached hydrogens (primary N) is 1. The van der Waals surface area contributed by atoms with Crippen molar-refractivity contribution in [3.8, 4) is 0 Å². The first-order valence-corrected chi connectivity index (χ1v) is 7.28. The van der Waals surface area contributed by atoms with Gasteiger partial charge in [-0.05, 0) is 38.8 Å². The van der Waals surface area contributed by atoms with Crippen LogP contribution in [-0.4, -0.2) is 24.8 Å². The number of para-hydroxylation sites is 1. The molecule has 0 spiro atoms. The van der Waals surface area contributed by atoms with Crippen LogP contribution in [-0.2, 0) is 10.0 Å². The van der Waals surface area contributed by atoms with Gasteiger partial charge in [0.15, 0.2) is 0 Å². The Labute approximate surface area is 107 Å². The summed E-state index contributed by atoms with van der Waals surface area (Å²) in [4.78, 5) is -0.141. The molecule has 0 amide bonds. The van der Waals surface area contributed by atoms with Crippen LogP contribution in [0, 0.1) is 5.82 Å². The highest BCUT2D eigenvalue weighted by Crippen LogP contribution is 2.35. The SMILES string of the molecule is CC1(C)CCCN1S(=O)(=O)c1cccc(F)c1N. The van der Waals surface area contributed by atoms with Crippen molar-refractivity contribution in [1.82, 2.24) is 4.31 Å². The van der Waals surface area contributed by atoms with Crippen LogP contribution >= 0.6 is 0 Å². The van der Waals surface area contributed by atoms with Gasteiger partial charge in [-0.15, -0.1) is 0 Å². The standard InChI is InChI=1S/C12H17FN2O2S/c1-12(2)7-4-8-15(12)18(16,17)10-6-3-5-9(13)11(10)14/h3,5-6H,4,7-8,14H2,1-2H3. The lowest BCUT2D eigenvalue weighted by atomic mass is 10.0. The average molecular weight is 272 g/mol. The highest BCUT2D eigenvalue weighted by atomic mass is 32.2. The van der Waals surface area contributed by atoms with E-state index in [9.17, 15) is 12.8 Å². The molecule has 0 aromatic heterocycles. The molecule has 1 aromatic carbocycles. The van der Waals surface area contributed by atoms with Crippen LogP contribution in [0.2, 0.25) is 0 Å². The van der Waals surface area contributed by atoms with Gasteiger partial charge in [-0.3, -0.25) is 0 Å². The molecule has 4 nitrogen and oxygen atoms in total. The topological polar surface area (TPSA) is 63.4 Å². The van der Waals surface area contributed by atoms with Crippen LogP contribution in [0.15, 0.2) is 23.1 Å². The van der Waals surface area contributed by atoms with E-state index >= 15 is 0 Å². The highest BCUT2D eigenvalue weighted by Gasteiger charge is 2.41. The molecule has 1 saturated heterocycles. The van der Waals surface area contributed by atoms with Crippen LogP contribution < -0.4 is 5.73 Å². The molecule has 0 aliphatic carbocycles. The third-order valence-corrected chi connectivity index (χ3v) is 5.57. The summed E-state index contributed by atoms with van der Waals surface area (Å²) in [6.07, 6.45) is 1.60. The summed E-state index contributed by atoms with van der Waals surface area (Å²) >= 11 is 0. The molecule has 1 fully saturated rings. The van der Waals surface area contributed by atoms with Gasteiger partial charge in [0.2, 0.25) is 10.0 Å². The van der Waals surface area contributed by atoms with E-state index in [-0.39, 0.29) is 10.6 Å². The lowest BCUT2D eigenvalue weighted by Crippen LogP contribution is -2.42. The average Bonchev–Trinajstić information content (AvgIpc) is 2.62. The summed E-state index contributed by atoms with van der Waals surface area (Å²) in [5.41, 5.74) is 4.79. The number of benzene rings is 1. The van der Waals surface area contributed by atoms with E-state index in [1.54, 1.807) is 0 Å². The minimum Gasteiger partial charge on any atom is -0.395 e. The molecule has 6 heteroatoms. The van der Waals surface area contributed by atoms with Gasteiger partial charge in [0.05, 0.1) is 5.69 Å². The zero-order valence-electron chi connectivity index (χ0n) is 10.5. The van der Waals surface area contributed by atoms with Crippen molar-refractivity contribution in [1.29, 1.82) is 0 Å². The smallest absolute Gasteiger partial charge is 0.245 e. The van der Waals surface area contributed by atoms with E-state index in [0.29, 0.717) is 6.54 Å². The second-order valence-corrected chi connectivity index (χ2v) is 6.98. The van der Waals surface area contributed by atoms with Crippen molar-refractivity contribution in [2.75, 3.05) is 12.3 Å². The van der Waals surface area contributed by atoms with Gasteiger partial charge in [-0.25, -0.2) is 12.8 Å². The highest BCUT2D eigenvalue weighted by molar-refractivity contribution is 7.89. The summed E-state index contributed by atoms with van der Waals surface area (Å²) in [7, 11) is -3.73. The third kappa shape index (κ3) is 1.99. The van der Waals surface area contributed by atoms with Gasteiger partial charge in [-0.1, -0.05) is 6.07 Å². The Morgan fingerprint density at radius 3 is 2.61 bits per heavy atom. The molecule has 1 aliphatic heterocycles. The number of sulfonamides is 1. The molecule has 2 N–H and O–H groups in total. The minimum atomic E-state index is -3.73. The summed E-state index contributed by atoms with van der Waals surface area (Å²) in [5, 5.41) is 0. The van der Waals surface area contributed by atoms with Crippen LogP contribution in [0.5, 0.6) is 0 Å². The van der Waals surface area contributed by atoms with Crippen LogP contribution in [0.25, 0.3) is 0 Å². The normalized spacial score (nSPS) is 20.2. The van der Waals surface area contributed by atoms with E-state index in [0.717, 1.165) is 18.9 Å². The molecule has 0 atom stereocenters. The number of hydrogen-bond donors (Lipinski definition) is 1. The predicted octanol–water partition coefficient (Wildman–Crippen LogP) is 1.97. The van der Waals surface area contributed by atoms with Crippen LogP contribution in [0.1, 0.15) is 26.7 Å². The zero-order chi connectivity index (χ0) is 13.6. The summed E-state index contributed by atoms with van der Waals surface area (Å²) in [6.45, 7) is 4.19. The molecule has 0 saturated carbocycles. The summed E-state index contributed by atoms with van der Waals surface area (Å²) < 4.78 is 39.8. The van der Waals surface area contributed by atoms with Crippen molar-refractivity contribution in [3.05, 3.63) is 24.0 Å². The number of nitrogen functional groups attached to an aromatic ring is 1. The summed E-state index contributed by atoms with van der Waals surface area (Å²) in [5.74, 6) is -0.701. The molecule has 1 heterocycles. The molecular formula is C12H17FN2O2S. The van der Waals surface area contributed by atoms with E-state index in [4.69, 9.17) is 5.73 Å². The van der Waals surface area contributed by atoms with E-state index < -0.39 is 21.4 Å². The van der Waals surface area contributed by atoms with Gasteiger partial charge < -0.3 is 5.73 Å². The van der Waals surface area contributed by atoms with Crippen molar-refractivity contribution in [3.63, 3.8) is 0 Å². The molecule has 0 unspecified atom stereocenters. The first kappa shape index (κ1) is 13.3. The Morgan fingerprint density at radius 1 is 1.39 bits per heavy atom. The maximum absolute atomic E-state index is 13.4. The van der Waals surface area contributed by atoms with Gasteiger partial charge >= 0.3 is 0 Å². The quantitative estimate of drug-likeness (QED) is 0.837. The Kier molecular flexibility index (Phi) is 3.11. The largest absolute Gasteiger partial charge is 0.395 e. The van der Waals surface area contributed by atoms with Gasteiger partial charge in [0, 0.05) is 12.1 Å². The van der Waals surface area contributed by atoms with Gasteiger partial charge in [-0.2, -0.15) is 4.31 Å². The number of nitrogens with zero attached hydrogens (tertiary/aromatic N) is 1. The van der Waals surface area contributed by atoms with Crippen molar-refractivity contribution in [2.45, 2.75) is 37.1 Å². The zero-order valence-corrected chi connectivity index (χ0v) is 11.3. The molecule has 2 rings (SSSR count). The van der Waals surface area contributed by atoms with Crippen LogP contribution in [0.3, 0.4) is 0 Å². The number of hydrogen-bond acceptors (Lipinski definition) is 3. The third-order valence-electron chi connectivity index (χ3n) is 3.41. The van der Waals surface area contributed by atoms with E-state index in [2.05, 4.69) is 0 Å². The number of rotatable bonds is 2. The Balaban J connectivity index is 2.53. The minimum absolute atomic E-state index is 0.141. The van der Waals surface area contributed by atoms with E-state index in [1.807, 2.05) is 13.8 Å². The van der Waals surface area contributed by atoms with E-state index in [1.165, 1.54) is 16.4 Å². The van der Waals surface area contributed by atoms with Crippen LogP contribution in [0.4, 0.5) is 10.1 Å². The van der Waals surface area contributed by atoms with Gasteiger partial charge in [0.1, 0.15) is 10.7 Å². The molecular weight excluding hydrogens is 255 g/mol. The summed E-state index contributed by atoms with van der Waals surface area (Å²) in [6, 6.07) is 3.87. The monoisotopic (exact) mass is 272 g/mol. The molecule has 0 radical (unpaired) electrons. The Hall–Kier alpha value is -1.14. The Morgan fingerprint density at radius 2 is 2.06 bits per heavy atom. The van der Waals surface area contributed by atoms with Crippen molar-refractivity contribution < 1.29 is 12.8 Å². The fourth-order valence-corrected chi connectivity index (χ4v) is 4.36. The Bertz CT molecular complexity index is 569. The fourth-order valence-electron chi connectivity index (χ4n) is 2.39. The van der Waals surface area contributed by atoms with Crippen molar-refractivity contribution in [2.24, 2.45) is 0 Å². The molecule has 1 aromatic rings.